The van der Waals surface area contributed by atoms with Gasteiger partial charge in [-0.2, -0.15) is 22.8 Å². The number of methoxy groups -OCH3 is 1. The van der Waals surface area contributed by atoms with E-state index in [1.165, 1.54) is 38.3 Å². The SMILES string of the molecule is COc1c#ccc(S(=O)(=O)NC(=O)c2c(C)[nH]c3c(-c4ccccc4)c(C(F)(F)F)nn3c2=O)c1. The van der Waals surface area contributed by atoms with Crippen molar-refractivity contribution in [3.05, 3.63) is 81.9 Å². The van der Waals surface area contributed by atoms with E-state index in [0.29, 0.717) is 4.52 Å². The Morgan fingerprint density at radius 2 is 1.91 bits per heavy atom. The lowest BCUT2D eigenvalue weighted by molar-refractivity contribution is -0.140. The number of hydrogen-bond acceptors (Lipinski definition) is 6. The highest BCUT2D eigenvalue weighted by molar-refractivity contribution is 7.90. The molecule has 0 spiro atoms. The maximum absolute atomic E-state index is 13.8. The minimum Gasteiger partial charge on any atom is -0.489 e. The molecule has 35 heavy (non-hydrogen) atoms. The standard InChI is InChI=1S/C22H15F3N4O5S/c1-12-16(20(30)28-35(32,33)15-10-6-9-14(11-15)34-2)21(31)29-19(26-12)17(13-7-4-3-5-8-13)18(27-29)22(23,24)25/h3-5,7-8,10-11,26H,1-2H3,(H,28,30). The van der Waals surface area contributed by atoms with Crippen molar-refractivity contribution in [3.8, 4) is 16.9 Å². The summed E-state index contributed by atoms with van der Waals surface area (Å²) in [6.45, 7) is 1.26. The molecule has 0 aliphatic carbocycles. The number of nitrogens with zero attached hydrogens (tertiary/aromatic N) is 2. The van der Waals surface area contributed by atoms with Gasteiger partial charge < -0.3 is 9.72 Å². The molecule has 9 nitrogen and oxygen atoms in total. The molecule has 4 rings (SSSR count). The Labute approximate surface area is 196 Å². The van der Waals surface area contributed by atoms with Crippen LogP contribution in [0, 0.1) is 19.1 Å². The molecule has 2 heterocycles. The zero-order valence-electron chi connectivity index (χ0n) is 18.0. The first-order chi connectivity index (χ1) is 16.4. The first-order valence-corrected chi connectivity index (χ1v) is 11.2. The number of aromatic amines is 1. The monoisotopic (exact) mass is 504 g/mol. The number of H-pyrrole nitrogens is 1. The van der Waals surface area contributed by atoms with E-state index >= 15 is 0 Å². The molecule has 0 fully saturated rings. The van der Waals surface area contributed by atoms with Gasteiger partial charge in [-0.25, -0.2) is 13.1 Å². The lowest BCUT2D eigenvalue weighted by Crippen LogP contribution is -2.36. The van der Waals surface area contributed by atoms with E-state index in [0.717, 1.165) is 12.1 Å². The summed E-state index contributed by atoms with van der Waals surface area (Å²) in [6.07, 6.45) is -4.92. The minimum atomic E-state index is -4.92. The number of carbonyl (C=O) groups excluding carboxylic acids is 1. The predicted octanol–water partition coefficient (Wildman–Crippen LogP) is 2.74. The molecule has 180 valence electrons. The van der Waals surface area contributed by atoms with E-state index in [1.54, 1.807) is 10.8 Å². The summed E-state index contributed by atoms with van der Waals surface area (Å²) in [6, 6.07) is 14.5. The molecule has 2 aromatic carbocycles. The topological polar surface area (TPSA) is 123 Å². The highest BCUT2D eigenvalue weighted by atomic mass is 32.2. The Hall–Kier alpha value is -4.31. The predicted molar refractivity (Wildman–Crippen MR) is 116 cm³/mol. The number of amides is 1. The number of benzene rings is 1. The number of halogens is 3. The Kier molecular flexibility index (Phi) is 5.77. The molecule has 0 saturated carbocycles. The molecule has 0 radical (unpaired) electrons. The summed E-state index contributed by atoms with van der Waals surface area (Å²) in [7, 11) is -3.22. The van der Waals surface area contributed by atoms with Gasteiger partial charge in [0, 0.05) is 17.8 Å². The number of alkyl halides is 3. The van der Waals surface area contributed by atoms with Crippen LogP contribution in [0.2, 0.25) is 0 Å². The van der Waals surface area contributed by atoms with Crippen LogP contribution in [0.25, 0.3) is 16.8 Å². The number of carbonyl (C=O) groups is 1. The van der Waals surface area contributed by atoms with E-state index < -0.39 is 43.8 Å². The van der Waals surface area contributed by atoms with Crippen molar-refractivity contribution in [1.82, 2.24) is 19.3 Å². The van der Waals surface area contributed by atoms with Gasteiger partial charge in [-0.1, -0.05) is 36.4 Å². The third-order valence-electron chi connectivity index (χ3n) is 4.97. The van der Waals surface area contributed by atoms with E-state index in [1.807, 2.05) is 0 Å². The molecule has 0 saturated heterocycles. The van der Waals surface area contributed by atoms with Crippen molar-refractivity contribution < 1.29 is 31.1 Å². The van der Waals surface area contributed by atoms with Crippen LogP contribution < -0.4 is 15.0 Å². The molecule has 0 aliphatic rings. The van der Waals surface area contributed by atoms with Crippen molar-refractivity contribution in [2.45, 2.75) is 18.0 Å². The molecule has 13 heteroatoms. The molecule has 1 amide bonds. The number of aromatic nitrogens is 3. The van der Waals surface area contributed by atoms with Gasteiger partial charge in [-0.15, -0.1) is 0 Å². The van der Waals surface area contributed by atoms with Gasteiger partial charge in [0.05, 0.1) is 12.7 Å². The number of fused-ring (bicyclic) bond motifs is 1. The van der Waals surface area contributed by atoms with Gasteiger partial charge in [-0.05, 0) is 18.6 Å². The van der Waals surface area contributed by atoms with Crippen LogP contribution in [0.15, 0.2) is 52.2 Å². The van der Waals surface area contributed by atoms with Gasteiger partial charge in [0.15, 0.2) is 11.4 Å². The smallest absolute Gasteiger partial charge is 0.435 e. The Bertz CT molecular complexity index is 1610. The summed E-state index contributed by atoms with van der Waals surface area (Å²) < 4.78 is 73.6. The van der Waals surface area contributed by atoms with Crippen LogP contribution in [0.4, 0.5) is 13.2 Å². The normalized spacial score (nSPS) is 11.8. The number of hydrogen-bond donors (Lipinski definition) is 2. The second-order valence-corrected chi connectivity index (χ2v) is 8.92. The fourth-order valence-electron chi connectivity index (χ4n) is 3.41. The lowest BCUT2D eigenvalue weighted by Gasteiger charge is -2.10. The van der Waals surface area contributed by atoms with Crippen molar-refractivity contribution in [3.63, 3.8) is 0 Å². The van der Waals surface area contributed by atoms with Crippen molar-refractivity contribution >= 4 is 21.6 Å². The Balaban J connectivity index is 1.85. The summed E-state index contributed by atoms with van der Waals surface area (Å²) in [5, 5.41) is 3.41. The summed E-state index contributed by atoms with van der Waals surface area (Å²) in [5.41, 5.74) is -4.02. The fourth-order valence-corrected chi connectivity index (χ4v) is 4.35. The van der Waals surface area contributed by atoms with Crippen LogP contribution in [0.1, 0.15) is 21.7 Å². The van der Waals surface area contributed by atoms with Gasteiger partial charge in [0.1, 0.15) is 16.1 Å². The first-order valence-electron chi connectivity index (χ1n) is 9.77. The summed E-state index contributed by atoms with van der Waals surface area (Å²) in [4.78, 5) is 28.1. The first kappa shape index (κ1) is 23.8. The molecule has 2 aromatic heterocycles. The summed E-state index contributed by atoms with van der Waals surface area (Å²) in [5.74, 6) is -1.33. The Morgan fingerprint density at radius 1 is 1.23 bits per heavy atom. The second-order valence-electron chi connectivity index (χ2n) is 7.24. The minimum absolute atomic E-state index is 0.0282. The number of ether oxygens (including phenoxy) is 1. The molecule has 0 atom stereocenters. The van der Waals surface area contributed by atoms with E-state index in [9.17, 15) is 31.2 Å². The third-order valence-corrected chi connectivity index (χ3v) is 6.28. The maximum Gasteiger partial charge on any atom is 0.435 e. The van der Waals surface area contributed by atoms with Crippen molar-refractivity contribution in [2.75, 3.05) is 7.11 Å². The average molecular weight is 504 g/mol. The Morgan fingerprint density at radius 3 is 2.54 bits per heavy atom. The number of aryl methyl sites for hydroxylation is 1. The van der Waals surface area contributed by atoms with Crippen molar-refractivity contribution in [1.29, 1.82) is 0 Å². The van der Waals surface area contributed by atoms with Gasteiger partial charge in [0.2, 0.25) is 0 Å². The largest absolute Gasteiger partial charge is 0.489 e. The number of rotatable bonds is 5. The van der Waals surface area contributed by atoms with Crippen LogP contribution >= 0.6 is 0 Å². The zero-order valence-corrected chi connectivity index (χ0v) is 18.8. The molecule has 4 aromatic rings. The van der Waals surface area contributed by atoms with Crippen LogP contribution in [0.3, 0.4) is 0 Å². The molecule has 0 unspecified atom stereocenters. The van der Waals surface area contributed by atoms with Crippen LogP contribution in [0.5, 0.6) is 5.75 Å². The molecule has 2 N–H and O–H groups in total. The molecular weight excluding hydrogens is 489 g/mol. The third kappa shape index (κ3) is 4.31. The maximum atomic E-state index is 13.8. The highest BCUT2D eigenvalue weighted by Gasteiger charge is 2.39. The highest BCUT2D eigenvalue weighted by Crippen LogP contribution is 2.38. The lowest BCUT2D eigenvalue weighted by atomic mass is 10.1. The van der Waals surface area contributed by atoms with E-state index in [4.69, 9.17) is 4.74 Å². The molecular formula is C22H15F3N4O5S. The number of sulfonamides is 1. The van der Waals surface area contributed by atoms with Crippen LogP contribution in [-0.4, -0.2) is 36.0 Å². The summed E-state index contributed by atoms with van der Waals surface area (Å²) >= 11 is 0. The fraction of sp³-hybridized carbons (Fsp3) is 0.136. The van der Waals surface area contributed by atoms with E-state index in [-0.39, 0.29) is 28.2 Å². The van der Waals surface area contributed by atoms with E-state index in [2.05, 4.69) is 22.2 Å². The van der Waals surface area contributed by atoms with Crippen LogP contribution in [-0.2, 0) is 16.2 Å². The average Bonchev–Trinajstić information content (AvgIpc) is 3.19. The quantitative estimate of drug-likeness (QED) is 0.431. The molecule has 0 bridgehead atoms. The van der Waals surface area contributed by atoms with Crippen molar-refractivity contribution in [2.24, 2.45) is 0 Å². The van der Waals surface area contributed by atoms with Gasteiger partial charge in [0.25, 0.3) is 21.5 Å². The second kappa shape index (κ2) is 8.48. The van der Waals surface area contributed by atoms with Gasteiger partial charge in [-0.3, -0.25) is 9.59 Å². The number of nitrogens with one attached hydrogen (secondary N) is 2. The van der Waals surface area contributed by atoms with Gasteiger partial charge >= 0.3 is 6.18 Å². The zero-order chi connectivity index (χ0) is 25.5. The molecule has 0 aliphatic heterocycles.